The van der Waals surface area contributed by atoms with Gasteiger partial charge in [0.1, 0.15) is 0 Å². The van der Waals surface area contributed by atoms with Crippen molar-refractivity contribution in [2.45, 2.75) is 25.4 Å². The third-order valence-electron chi connectivity index (χ3n) is 3.75. The Morgan fingerprint density at radius 3 is 2.73 bits per heavy atom. The predicted molar refractivity (Wildman–Crippen MR) is 74.2 cm³/mol. The van der Waals surface area contributed by atoms with E-state index in [2.05, 4.69) is 15.5 Å². The molecule has 7 heteroatoms. The predicted octanol–water partition coefficient (Wildman–Crippen LogP) is 3.48. The average Bonchev–Trinajstić information content (AvgIpc) is 3.15. The van der Waals surface area contributed by atoms with Gasteiger partial charge in [-0.05, 0) is 30.9 Å². The molecule has 4 nitrogen and oxygen atoms in total. The highest BCUT2D eigenvalue weighted by Gasteiger charge is 2.47. The first-order chi connectivity index (χ1) is 10.4. The number of aryl methyl sites for hydroxylation is 1. The molecule has 1 aliphatic carbocycles. The zero-order chi connectivity index (χ0) is 15.9. The Balaban J connectivity index is 1.73. The molecule has 116 valence electrons. The number of carbonyl (C=O) groups excluding carboxylic acids is 1. The zero-order valence-corrected chi connectivity index (χ0v) is 11.7. The SMILES string of the molecule is Cc1cc(NC(=O)C2CC2c2ccccc2C(F)(F)F)n[nH]1. The Kier molecular flexibility index (Phi) is 3.42. The molecule has 0 saturated heterocycles. The summed E-state index contributed by atoms with van der Waals surface area (Å²) in [6.07, 6.45) is -3.98. The van der Waals surface area contributed by atoms with Crippen LogP contribution in [0.5, 0.6) is 0 Å². The van der Waals surface area contributed by atoms with Crippen LogP contribution < -0.4 is 5.32 Å². The van der Waals surface area contributed by atoms with Gasteiger partial charge < -0.3 is 5.32 Å². The van der Waals surface area contributed by atoms with Crippen LogP contribution in [0.1, 0.15) is 29.2 Å². The Morgan fingerprint density at radius 1 is 1.36 bits per heavy atom. The topological polar surface area (TPSA) is 57.8 Å². The Morgan fingerprint density at radius 2 is 2.09 bits per heavy atom. The standard InChI is InChI=1S/C15H14F3N3O/c1-8-6-13(21-20-8)19-14(22)11-7-10(11)9-4-2-3-5-12(9)15(16,17)18/h2-6,10-11H,7H2,1H3,(H2,19,20,21,22). The summed E-state index contributed by atoms with van der Waals surface area (Å²) in [4.78, 5) is 12.1. The van der Waals surface area contributed by atoms with Crippen molar-refractivity contribution in [3.8, 4) is 0 Å². The largest absolute Gasteiger partial charge is 0.416 e. The van der Waals surface area contributed by atoms with Crippen molar-refractivity contribution in [2.75, 3.05) is 5.32 Å². The quantitative estimate of drug-likeness (QED) is 0.912. The number of hydrogen-bond acceptors (Lipinski definition) is 2. The Bertz CT molecular complexity index is 708. The molecule has 2 N–H and O–H groups in total. The van der Waals surface area contributed by atoms with E-state index < -0.39 is 23.6 Å². The van der Waals surface area contributed by atoms with E-state index in [1.165, 1.54) is 12.1 Å². The molecule has 0 radical (unpaired) electrons. The summed E-state index contributed by atoms with van der Waals surface area (Å²) in [5, 5.41) is 9.20. The van der Waals surface area contributed by atoms with Crippen LogP contribution in [0.3, 0.4) is 0 Å². The van der Waals surface area contributed by atoms with E-state index in [-0.39, 0.29) is 11.5 Å². The summed E-state index contributed by atoms with van der Waals surface area (Å²) >= 11 is 0. The van der Waals surface area contributed by atoms with Gasteiger partial charge in [-0.25, -0.2) is 0 Å². The van der Waals surface area contributed by atoms with Crippen molar-refractivity contribution < 1.29 is 18.0 Å². The minimum absolute atomic E-state index is 0.188. The average molecular weight is 309 g/mol. The van der Waals surface area contributed by atoms with Crippen LogP contribution in [0.15, 0.2) is 30.3 Å². The van der Waals surface area contributed by atoms with Crippen molar-refractivity contribution in [3.63, 3.8) is 0 Å². The first kappa shape index (κ1) is 14.6. The van der Waals surface area contributed by atoms with E-state index in [9.17, 15) is 18.0 Å². The van der Waals surface area contributed by atoms with Crippen molar-refractivity contribution in [1.29, 1.82) is 0 Å². The molecule has 0 bridgehead atoms. The molecule has 2 aromatic rings. The molecule has 1 fully saturated rings. The fraction of sp³-hybridized carbons (Fsp3) is 0.333. The summed E-state index contributed by atoms with van der Waals surface area (Å²) in [6, 6.07) is 7.09. The molecule has 3 rings (SSSR count). The number of H-pyrrole nitrogens is 1. The van der Waals surface area contributed by atoms with Gasteiger partial charge in [0.25, 0.3) is 0 Å². The van der Waals surface area contributed by atoms with Crippen LogP contribution in [-0.2, 0) is 11.0 Å². The number of hydrogen-bond donors (Lipinski definition) is 2. The van der Waals surface area contributed by atoms with Crippen molar-refractivity contribution in [3.05, 3.63) is 47.2 Å². The van der Waals surface area contributed by atoms with Gasteiger partial charge in [0, 0.05) is 17.7 Å². The number of alkyl halides is 3. The van der Waals surface area contributed by atoms with E-state index in [4.69, 9.17) is 0 Å². The van der Waals surface area contributed by atoms with Gasteiger partial charge in [-0.3, -0.25) is 9.89 Å². The number of aromatic amines is 1. The second-order valence-electron chi connectivity index (χ2n) is 5.46. The highest BCUT2D eigenvalue weighted by Crippen LogP contribution is 2.51. The van der Waals surface area contributed by atoms with Gasteiger partial charge in [-0.2, -0.15) is 18.3 Å². The first-order valence-electron chi connectivity index (χ1n) is 6.85. The third kappa shape index (κ3) is 2.84. The molecule has 1 amide bonds. The van der Waals surface area contributed by atoms with Gasteiger partial charge in [0.2, 0.25) is 5.91 Å². The number of carbonyl (C=O) groups is 1. The number of aromatic nitrogens is 2. The molecule has 0 aliphatic heterocycles. The fourth-order valence-corrected chi connectivity index (χ4v) is 2.61. The number of rotatable bonds is 3. The third-order valence-corrected chi connectivity index (χ3v) is 3.75. The van der Waals surface area contributed by atoms with Gasteiger partial charge in [0.15, 0.2) is 5.82 Å². The van der Waals surface area contributed by atoms with Gasteiger partial charge >= 0.3 is 6.18 Å². The van der Waals surface area contributed by atoms with Crippen molar-refractivity contribution >= 4 is 11.7 Å². The molecular formula is C15H14F3N3O. The maximum Gasteiger partial charge on any atom is 0.416 e. The molecule has 2 atom stereocenters. The maximum absolute atomic E-state index is 13.0. The Hall–Kier alpha value is -2.31. The molecule has 1 aromatic heterocycles. The summed E-state index contributed by atoms with van der Waals surface area (Å²) < 4.78 is 39.0. The lowest BCUT2D eigenvalue weighted by Crippen LogP contribution is -2.16. The van der Waals surface area contributed by atoms with Crippen LogP contribution in [0.25, 0.3) is 0 Å². The lowest BCUT2D eigenvalue weighted by Gasteiger charge is -2.12. The summed E-state index contributed by atoms with van der Waals surface area (Å²) in [7, 11) is 0. The van der Waals surface area contributed by atoms with Gasteiger partial charge in [-0.15, -0.1) is 0 Å². The summed E-state index contributed by atoms with van der Waals surface area (Å²) in [5.74, 6) is -0.746. The number of nitrogens with one attached hydrogen (secondary N) is 2. The number of nitrogens with zero attached hydrogens (tertiary/aromatic N) is 1. The molecule has 1 aliphatic rings. The van der Waals surface area contributed by atoms with Crippen LogP contribution in [-0.4, -0.2) is 16.1 Å². The molecule has 22 heavy (non-hydrogen) atoms. The smallest absolute Gasteiger partial charge is 0.309 e. The number of benzene rings is 1. The van der Waals surface area contributed by atoms with Gasteiger partial charge in [-0.1, -0.05) is 18.2 Å². The van der Waals surface area contributed by atoms with Crippen molar-refractivity contribution in [2.24, 2.45) is 5.92 Å². The minimum Gasteiger partial charge on any atom is -0.309 e. The lowest BCUT2D eigenvalue weighted by molar-refractivity contribution is -0.138. The van der Waals surface area contributed by atoms with Crippen LogP contribution >= 0.6 is 0 Å². The molecule has 1 aromatic carbocycles. The maximum atomic E-state index is 13.0. The molecular weight excluding hydrogens is 295 g/mol. The van der Waals surface area contributed by atoms with E-state index in [0.29, 0.717) is 12.2 Å². The summed E-state index contributed by atoms with van der Waals surface area (Å²) in [6.45, 7) is 1.79. The summed E-state index contributed by atoms with van der Waals surface area (Å²) in [5.41, 5.74) is 0.323. The molecule has 1 saturated carbocycles. The van der Waals surface area contributed by atoms with Crippen LogP contribution in [0.2, 0.25) is 0 Å². The number of anilines is 1. The molecule has 1 heterocycles. The van der Waals surface area contributed by atoms with Crippen molar-refractivity contribution in [1.82, 2.24) is 10.2 Å². The Labute approximate surface area is 124 Å². The lowest BCUT2D eigenvalue weighted by atomic mass is 10.0. The van der Waals surface area contributed by atoms with E-state index in [0.717, 1.165) is 11.8 Å². The minimum atomic E-state index is -4.40. The zero-order valence-electron chi connectivity index (χ0n) is 11.7. The second kappa shape index (κ2) is 5.15. The number of amides is 1. The van der Waals surface area contributed by atoms with Gasteiger partial charge in [0.05, 0.1) is 5.56 Å². The highest BCUT2D eigenvalue weighted by atomic mass is 19.4. The monoisotopic (exact) mass is 309 g/mol. The molecule has 2 unspecified atom stereocenters. The highest BCUT2D eigenvalue weighted by molar-refractivity contribution is 5.94. The van der Waals surface area contributed by atoms with Crippen LogP contribution in [0, 0.1) is 12.8 Å². The van der Waals surface area contributed by atoms with E-state index in [1.807, 2.05) is 0 Å². The first-order valence-corrected chi connectivity index (χ1v) is 6.85. The normalized spacial score (nSPS) is 20.7. The molecule has 0 spiro atoms. The fourth-order valence-electron chi connectivity index (χ4n) is 2.61. The second-order valence-corrected chi connectivity index (χ2v) is 5.46. The van der Waals surface area contributed by atoms with E-state index in [1.54, 1.807) is 19.1 Å². The van der Waals surface area contributed by atoms with E-state index >= 15 is 0 Å². The number of halogens is 3. The van der Waals surface area contributed by atoms with Crippen LogP contribution in [0.4, 0.5) is 19.0 Å².